The number of nitrogens with two attached hydrogens (primary N) is 1. The summed E-state index contributed by atoms with van der Waals surface area (Å²) in [6, 6.07) is 8.23. The highest BCUT2D eigenvalue weighted by atomic mass is 15.0. The highest BCUT2D eigenvalue weighted by molar-refractivity contribution is 5.40. The smallest absolute Gasteiger partial charge is 0.148 e. The Labute approximate surface area is 107 Å². The maximum Gasteiger partial charge on any atom is 0.148 e. The molecule has 0 spiro atoms. The molecule has 0 atom stereocenters. The van der Waals surface area contributed by atoms with Crippen LogP contribution in [0.1, 0.15) is 22.5 Å². The summed E-state index contributed by atoms with van der Waals surface area (Å²) in [5, 5.41) is 3.31. The quantitative estimate of drug-likeness (QED) is 0.862. The molecule has 0 saturated carbocycles. The van der Waals surface area contributed by atoms with Gasteiger partial charge in [0.15, 0.2) is 0 Å². The summed E-state index contributed by atoms with van der Waals surface area (Å²) in [6.07, 6.45) is 1.77. The van der Waals surface area contributed by atoms with Crippen molar-refractivity contribution in [2.75, 3.05) is 5.32 Å². The summed E-state index contributed by atoms with van der Waals surface area (Å²) in [6.45, 7) is 5.18. The van der Waals surface area contributed by atoms with Gasteiger partial charge in [0.1, 0.15) is 5.82 Å². The number of nitrogens with one attached hydrogen (secondary N) is 1. The van der Waals surface area contributed by atoms with E-state index >= 15 is 0 Å². The SMILES string of the molecule is Cc1cnc(C)c(NCc2cccc(CN)c2)n1. The van der Waals surface area contributed by atoms with Crippen molar-refractivity contribution in [2.24, 2.45) is 5.73 Å². The van der Waals surface area contributed by atoms with Crippen molar-refractivity contribution in [2.45, 2.75) is 26.9 Å². The van der Waals surface area contributed by atoms with Gasteiger partial charge in [0, 0.05) is 19.3 Å². The molecule has 0 aliphatic heterocycles. The van der Waals surface area contributed by atoms with Crippen LogP contribution in [0.4, 0.5) is 5.82 Å². The van der Waals surface area contributed by atoms with E-state index in [1.165, 1.54) is 5.56 Å². The molecule has 1 heterocycles. The fourth-order valence-electron chi connectivity index (χ4n) is 1.76. The molecule has 0 aliphatic carbocycles. The van der Waals surface area contributed by atoms with Crippen LogP contribution in [0.5, 0.6) is 0 Å². The van der Waals surface area contributed by atoms with E-state index < -0.39 is 0 Å². The first-order valence-electron chi connectivity index (χ1n) is 6.01. The zero-order chi connectivity index (χ0) is 13.0. The van der Waals surface area contributed by atoms with E-state index in [4.69, 9.17) is 5.73 Å². The van der Waals surface area contributed by atoms with Crippen LogP contribution in [0.25, 0.3) is 0 Å². The topological polar surface area (TPSA) is 63.8 Å². The van der Waals surface area contributed by atoms with Gasteiger partial charge in [-0.25, -0.2) is 4.98 Å². The molecular weight excluding hydrogens is 224 g/mol. The summed E-state index contributed by atoms with van der Waals surface area (Å²) in [7, 11) is 0. The maximum atomic E-state index is 5.63. The van der Waals surface area contributed by atoms with E-state index in [-0.39, 0.29) is 0 Å². The van der Waals surface area contributed by atoms with Gasteiger partial charge < -0.3 is 11.1 Å². The fourth-order valence-corrected chi connectivity index (χ4v) is 1.76. The monoisotopic (exact) mass is 242 g/mol. The fraction of sp³-hybridized carbons (Fsp3) is 0.286. The van der Waals surface area contributed by atoms with Crippen molar-refractivity contribution >= 4 is 5.82 Å². The predicted molar refractivity (Wildman–Crippen MR) is 73.2 cm³/mol. The Morgan fingerprint density at radius 1 is 1.22 bits per heavy atom. The van der Waals surface area contributed by atoms with Crippen LogP contribution >= 0.6 is 0 Å². The maximum absolute atomic E-state index is 5.63. The van der Waals surface area contributed by atoms with Crippen molar-refractivity contribution in [3.8, 4) is 0 Å². The van der Waals surface area contributed by atoms with Crippen LogP contribution in [-0.2, 0) is 13.1 Å². The summed E-state index contributed by atoms with van der Waals surface area (Å²) >= 11 is 0. The molecular formula is C14H18N4. The highest BCUT2D eigenvalue weighted by Gasteiger charge is 2.01. The minimum Gasteiger partial charge on any atom is -0.364 e. The van der Waals surface area contributed by atoms with E-state index in [0.717, 1.165) is 29.3 Å². The number of hydrogen-bond donors (Lipinski definition) is 2. The Morgan fingerprint density at radius 3 is 2.78 bits per heavy atom. The van der Waals surface area contributed by atoms with Gasteiger partial charge in [0.2, 0.25) is 0 Å². The third-order valence-electron chi connectivity index (χ3n) is 2.76. The van der Waals surface area contributed by atoms with Crippen LogP contribution in [-0.4, -0.2) is 9.97 Å². The van der Waals surface area contributed by atoms with Gasteiger partial charge in [-0.05, 0) is 25.0 Å². The largest absolute Gasteiger partial charge is 0.364 e. The van der Waals surface area contributed by atoms with Gasteiger partial charge in [-0.15, -0.1) is 0 Å². The summed E-state index contributed by atoms with van der Waals surface area (Å²) < 4.78 is 0. The number of nitrogens with zero attached hydrogens (tertiary/aromatic N) is 2. The Morgan fingerprint density at radius 2 is 2.00 bits per heavy atom. The Hall–Kier alpha value is -1.94. The minimum absolute atomic E-state index is 0.567. The molecule has 2 aromatic rings. The number of hydrogen-bond acceptors (Lipinski definition) is 4. The minimum atomic E-state index is 0.567. The molecule has 2 rings (SSSR count). The molecule has 0 saturated heterocycles. The standard InChI is InChI=1S/C14H18N4/c1-10-8-16-11(2)14(18-10)17-9-13-5-3-4-12(6-13)7-15/h3-6,8H,7,9,15H2,1-2H3,(H,17,18). The molecule has 0 aliphatic rings. The van der Waals surface area contributed by atoms with Gasteiger partial charge in [-0.2, -0.15) is 0 Å². The van der Waals surface area contributed by atoms with Gasteiger partial charge in [0.05, 0.1) is 11.4 Å². The van der Waals surface area contributed by atoms with Crippen molar-refractivity contribution in [3.05, 3.63) is 53.0 Å². The number of aryl methyl sites for hydroxylation is 2. The summed E-state index contributed by atoms with van der Waals surface area (Å²) in [4.78, 5) is 8.71. The van der Waals surface area contributed by atoms with Crippen molar-refractivity contribution in [1.82, 2.24) is 9.97 Å². The lowest BCUT2D eigenvalue weighted by Gasteiger charge is -2.09. The summed E-state index contributed by atoms with van der Waals surface area (Å²) in [5.74, 6) is 0.841. The lowest BCUT2D eigenvalue weighted by Crippen LogP contribution is -2.06. The molecule has 18 heavy (non-hydrogen) atoms. The van der Waals surface area contributed by atoms with E-state index in [2.05, 4.69) is 27.4 Å². The van der Waals surface area contributed by atoms with E-state index in [1.54, 1.807) is 6.20 Å². The van der Waals surface area contributed by atoms with Gasteiger partial charge in [0.25, 0.3) is 0 Å². The van der Waals surface area contributed by atoms with Gasteiger partial charge >= 0.3 is 0 Å². The third kappa shape index (κ3) is 3.05. The molecule has 1 aromatic carbocycles. The molecule has 4 heteroatoms. The molecule has 94 valence electrons. The van der Waals surface area contributed by atoms with Crippen LogP contribution in [0, 0.1) is 13.8 Å². The Bertz CT molecular complexity index is 537. The molecule has 0 fully saturated rings. The molecule has 0 radical (unpaired) electrons. The van der Waals surface area contributed by atoms with Gasteiger partial charge in [-0.1, -0.05) is 24.3 Å². The first kappa shape index (κ1) is 12.5. The van der Waals surface area contributed by atoms with E-state index in [9.17, 15) is 0 Å². The number of aromatic nitrogens is 2. The van der Waals surface area contributed by atoms with Crippen LogP contribution in [0.2, 0.25) is 0 Å². The van der Waals surface area contributed by atoms with E-state index in [1.807, 2.05) is 26.0 Å². The van der Waals surface area contributed by atoms with Crippen LogP contribution in [0.3, 0.4) is 0 Å². The van der Waals surface area contributed by atoms with Crippen molar-refractivity contribution in [1.29, 1.82) is 0 Å². The number of rotatable bonds is 4. The normalized spacial score (nSPS) is 10.4. The number of benzene rings is 1. The second-order valence-corrected chi connectivity index (χ2v) is 4.32. The third-order valence-corrected chi connectivity index (χ3v) is 2.76. The predicted octanol–water partition coefficient (Wildman–Crippen LogP) is 2.16. The second kappa shape index (κ2) is 5.60. The highest BCUT2D eigenvalue weighted by Crippen LogP contribution is 2.11. The first-order valence-corrected chi connectivity index (χ1v) is 6.01. The second-order valence-electron chi connectivity index (χ2n) is 4.32. The molecule has 0 bridgehead atoms. The lowest BCUT2D eigenvalue weighted by molar-refractivity contribution is 1.01. The molecule has 4 nitrogen and oxygen atoms in total. The average Bonchev–Trinajstić information content (AvgIpc) is 2.40. The van der Waals surface area contributed by atoms with Crippen molar-refractivity contribution < 1.29 is 0 Å². The van der Waals surface area contributed by atoms with Gasteiger partial charge in [-0.3, -0.25) is 4.98 Å². The zero-order valence-electron chi connectivity index (χ0n) is 10.8. The molecule has 0 amide bonds. The van der Waals surface area contributed by atoms with Crippen LogP contribution in [0.15, 0.2) is 30.5 Å². The average molecular weight is 242 g/mol. The molecule has 0 unspecified atom stereocenters. The Kier molecular flexibility index (Phi) is 3.89. The zero-order valence-corrected chi connectivity index (χ0v) is 10.8. The Balaban J connectivity index is 2.08. The lowest BCUT2D eigenvalue weighted by atomic mass is 10.1. The number of anilines is 1. The molecule has 1 aromatic heterocycles. The first-order chi connectivity index (χ1) is 8.69. The van der Waals surface area contributed by atoms with E-state index in [0.29, 0.717) is 6.54 Å². The summed E-state index contributed by atoms with van der Waals surface area (Å²) in [5.41, 5.74) is 9.79. The van der Waals surface area contributed by atoms with Crippen molar-refractivity contribution in [3.63, 3.8) is 0 Å². The van der Waals surface area contributed by atoms with Crippen LogP contribution < -0.4 is 11.1 Å². The molecule has 3 N–H and O–H groups in total.